The topological polar surface area (TPSA) is 48.1 Å². The first-order chi connectivity index (χ1) is 13.6. The van der Waals surface area contributed by atoms with Gasteiger partial charge >= 0.3 is 0 Å². The number of hydrogen-bond donors (Lipinski definition) is 2. The van der Waals surface area contributed by atoms with Gasteiger partial charge in [0, 0.05) is 60.6 Å². The molecule has 2 N–H and O–H groups in total. The second kappa shape index (κ2) is 8.38. The first kappa shape index (κ1) is 19.0. The molecular formula is C23H26ClN3O. The normalized spacial score (nSPS) is 16.4. The third-order valence-electron chi connectivity index (χ3n) is 5.83. The summed E-state index contributed by atoms with van der Waals surface area (Å²) < 4.78 is 0. The molecule has 1 saturated heterocycles. The van der Waals surface area contributed by atoms with Crippen LogP contribution in [0.2, 0.25) is 5.02 Å². The van der Waals surface area contributed by atoms with Gasteiger partial charge in [-0.25, -0.2) is 0 Å². The minimum absolute atomic E-state index is 0.163. The lowest BCUT2D eigenvalue weighted by Crippen LogP contribution is -2.45. The molecule has 4 nitrogen and oxygen atoms in total. The number of para-hydroxylation sites is 1. The van der Waals surface area contributed by atoms with Crippen molar-refractivity contribution >= 4 is 28.4 Å². The highest BCUT2D eigenvalue weighted by Crippen LogP contribution is 2.34. The summed E-state index contributed by atoms with van der Waals surface area (Å²) in [6.45, 7) is 4.13. The molecule has 0 bridgehead atoms. The molecule has 146 valence electrons. The van der Waals surface area contributed by atoms with Gasteiger partial charge in [0.1, 0.15) is 0 Å². The van der Waals surface area contributed by atoms with Gasteiger partial charge in [-0.15, -0.1) is 0 Å². The smallest absolute Gasteiger partial charge is 0.219 e. The SMILES string of the molecule is CC(=O)N1CCC(NC[C@@H](c2ccccc2Cl)c2c[nH]c3ccccc23)CC1. The summed E-state index contributed by atoms with van der Waals surface area (Å²) in [5.41, 5.74) is 3.55. The van der Waals surface area contributed by atoms with E-state index in [1.807, 2.05) is 23.1 Å². The number of fused-ring (bicyclic) bond motifs is 1. The van der Waals surface area contributed by atoms with Gasteiger partial charge in [-0.3, -0.25) is 4.79 Å². The molecule has 1 amide bonds. The molecule has 1 fully saturated rings. The van der Waals surface area contributed by atoms with Crippen LogP contribution in [0.1, 0.15) is 36.8 Å². The number of rotatable bonds is 5. The van der Waals surface area contributed by atoms with Crippen LogP contribution in [0.15, 0.2) is 54.7 Å². The molecule has 5 heteroatoms. The Kier molecular flexibility index (Phi) is 5.69. The van der Waals surface area contributed by atoms with Crippen molar-refractivity contribution in [2.45, 2.75) is 31.7 Å². The number of carbonyl (C=O) groups is 1. The Bertz CT molecular complexity index is 959. The molecule has 1 aliphatic heterocycles. The number of aromatic amines is 1. The number of amides is 1. The quantitative estimate of drug-likeness (QED) is 0.665. The standard InChI is InChI=1S/C23H26ClN3O/c1-16(28)27-12-10-17(11-13-27)25-14-20(18-6-2-4-8-22(18)24)21-15-26-23-9-5-3-7-19(21)23/h2-9,15,17,20,25-26H,10-14H2,1H3/t20-/m0/s1. The van der Waals surface area contributed by atoms with Gasteiger partial charge in [-0.2, -0.15) is 0 Å². The van der Waals surface area contributed by atoms with E-state index >= 15 is 0 Å². The molecule has 0 spiro atoms. The average Bonchev–Trinajstić information content (AvgIpc) is 3.14. The zero-order valence-electron chi connectivity index (χ0n) is 16.1. The van der Waals surface area contributed by atoms with Crippen molar-refractivity contribution in [3.8, 4) is 0 Å². The van der Waals surface area contributed by atoms with Crippen LogP contribution in [0, 0.1) is 0 Å². The summed E-state index contributed by atoms with van der Waals surface area (Å²) >= 11 is 6.58. The molecule has 2 aromatic carbocycles. The minimum Gasteiger partial charge on any atom is -0.361 e. The summed E-state index contributed by atoms with van der Waals surface area (Å²) in [7, 11) is 0. The molecule has 2 heterocycles. The van der Waals surface area contributed by atoms with Crippen molar-refractivity contribution in [1.29, 1.82) is 0 Å². The first-order valence-corrected chi connectivity index (χ1v) is 10.3. The van der Waals surface area contributed by atoms with E-state index in [9.17, 15) is 4.79 Å². The molecule has 0 unspecified atom stereocenters. The Balaban J connectivity index is 1.56. The zero-order chi connectivity index (χ0) is 19.5. The van der Waals surface area contributed by atoms with Gasteiger partial charge in [-0.1, -0.05) is 48.0 Å². The van der Waals surface area contributed by atoms with Crippen molar-refractivity contribution in [3.63, 3.8) is 0 Å². The summed E-state index contributed by atoms with van der Waals surface area (Å²) in [4.78, 5) is 16.9. The monoisotopic (exact) mass is 395 g/mol. The second-order valence-corrected chi connectivity index (χ2v) is 7.96. The highest BCUT2D eigenvalue weighted by atomic mass is 35.5. The van der Waals surface area contributed by atoms with E-state index in [-0.39, 0.29) is 11.8 Å². The molecule has 0 aliphatic carbocycles. The molecule has 1 aromatic heterocycles. The predicted octanol–water partition coefficient (Wildman–Crippen LogP) is 4.55. The Labute approximate surface area is 170 Å². The maximum atomic E-state index is 11.6. The lowest BCUT2D eigenvalue weighted by molar-refractivity contribution is -0.129. The Hall–Kier alpha value is -2.30. The number of carbonyl (C=O) groups excluding carboxylic acids is 1. The van der Waals surface area contributed by atoms with Crippen molar-refractivity contribution in [2.24, 2.45) is 0 Å². The van der Waals surface area contributed by atoms with E-state index in [2.05, 4.69) is 46.8 Å². The fourth-order valence-corrected chi connectivity index (χ4v) is 4.48. The second-order valence-electron chi connectivity index (χ2n) is 7.55. The molecule has 4 rings (SSSR count). The fraction of sp³-hybridized carbons (Fsp3) is 0.348. The number of likely N-dealkylation sites (tertiary alicyclic amines) is 1. The van der Waals surface area contributed by atoms with Gasteiger partial charge in [0.25, 0.3) is 0 Å². The molecule has 1 aliphatic rings. The van der Waals surface area contributed by atoms with Crippen molar-refractivity contribution in [3.05, 3.63) is 70.9 Å². The van der Waals surface area contributed by atoms with Crippen LogP contribution in [0.25, 0.3) is 10.9 Å². The number of nitrogens with zero attached hydrogens (tertiary/aromatic N) is 1. The van der Waals surface area contributed by atoms with Crippen LogP contribution in [0.5, 0.6) is 0 Å². The van der Waals surface area contributed by atoms with E-state index < -0.39 is 0 Å². The third kappa shape index (κ3) is 3.94. The van der Waals surface area contributed by atoms with Crippen molar-refractivity contribution in [2.75, 3.05) is 19.6 Å². The van der Waals surface area contributed by atoms with Crippen LogP contribution in [0.3, 0.4) is 0 Å². The summed E-state index contributed by atoms with van der Waals surface area (Å²) in [5, 5.41) is 5.78. The van der Waals surface area contributed by atoms with E-state index in [0.29, 0.717) is 6.04 Å². The fourth-order valence-electron chi connectivity index (χ4n) is 4.21. The highest BCUT2D eigenvalue weighted by Gasteiger charge is 2.24. The van der Waals surface area contributed by atoms with Crippen LogP contribution >= 0.6 is 11.6 Å². The van der Waals surface area contributed by atoms with Crippen molar-refractivity contribution < 1.29 is 4.79 Å². The number of nitrogens with one attached hydrogen (secondary N) is 2. The van der Waals surface area contributed by atoms with Crippen LogP contribution in [0.4, 0.5) is 0 Å². The van der Waals surface area contributed by atoms with Crippen molar-refractivity contribution in [1.82, 2.24) is 15.2 Å². The van der Waals surface area contributed by atoms with Gasteiger partial charge in [0.05, 0.1) is 0 Å². The number of piperidine rings is 1. The number of aromatic nitrogens is 1. The number of benzene rings is 2. The molecule has 0 saturated carbocycles. The molecular weight excluding hydrogens is 370 g/mol. The Morgan fingerprint density at radius 2 is 1.86 bits per heavy atom. The largest absolute Gasteiger partial charge is 0.361 e. The van der Waals surface area contributed by atoms with E-state index in [0.717, 1.165) is 48.6 Å². The van der Waals surface area contributed by atoms with Gasteiger partial charge in [-0.05, 0) is 36.1 Å². The summed E-state index contributed by atoms with van der Waals surface area (Å²) in [5.74, 6) is 0.335. The van der Waals surface area contributed by atoms with Crippen LogP contribution in [-0.2, 0) is 4.79 Å². The zero-order valence-corrected chi connectivity index (χ0v) is 16.9. The molecule has 0 radical (unpaired) electrons. The maximum absolute atomic E-state index is 11.6. The highest BCUT2D eigenvalue weighted by molar-refractivity contribution is 6.31. The number of H-pyrrole nitrogens is 1. The van der Waals surface area contributed by atoms with E-state index in [4.69, 9.17) is 11.6 Å². The van der Waals surface area contributed by atoms with E-state index in [1.54, 1.807) is 6.92 Å². The lowest BCUT2D eigenvalue weighted by atomic mass is 9.90. The van der Waals surface area contributed by atoms with Gasteiger partial charge < -0.3 is 15.2 Å². The minimum atomic E-state index is 0.163. The summed E-state index contributed by atoms with van der Waals surface area (Å²) in [6.07, 6.45) is 4.09. The summed E-state index contributed by atoms with van der Waals surface area (Å²) in [6, 6.07) is 16.9. The van der Waals surface area contributed by atoms with Gasteiger partial charge in [0.2, 0.25) is 5.91 Å². The number of hydrogen-bond acceptors (Lipinski definition) is 2. The molecule has 3 aromatic rings. The van der Waals surface area contributed by atoms with E-state index in [1.165, 1.54) is 10.9 Å². The van der Waals surface area contributed by atoms with Crippen LogP contribution in [-0.4, -0.2) is 41.5 Å². The predicted molar refractivity (Wildman–Crippen MR) is 115 cm³/mol. The lowest BCUT2D eigenvalue weighted by Gasteiger charge is -2.33. The molecule has 1 atom stereocenters. The van der Waals surface area contributed by atoms with Crippen LogP contribution < -0.4 is 5.32 Å². The Morgan fingerprint density at radius 3 is 2.61 bits per heavy atom. The first-order valence-electron chi connectivity index (χ1n) is 9.93. The molecule has 28 heavy (non-hydrogen) atoms. The Morgan fingerprint density at radius 1 is 1.14 bits per heavy atom. The average molecular weight is 396 g/mol. The van der Waals surface area contributed by atoms with Gasteiger partial charge in [0.15, 0.2) is 0 Å². The maximum Gasteiger partial charge on any atom is 0.219 e. The third-order valence-corrected chi connectivity index (χ3v) is 6.17. The number of halogens is 1.